The first-order chi connectivity index (χ1) is 9.02. The van der Waals surface area contributed by atoms with Gasteiger partial charge in [0.25, 0.3) is 0 Å². The Bertz CT molecular complexity index is 508. The molecule has 0 saturated carbocycles. The number of piperidine rings is 1. The molecule has 1 aromatic rings. The van der Waals surface area contributed by atoms with Gasteiger partial charge >= 0.3 is 5.97 Å². The second-order valence-electron chi connectivity index (χ2n) is 4.24. The third-order valence-electron chi connectivity index (χ3n) is 3.02. The molecule has 0 radical (unpaired) electrons. The van der Waals surface area contributed by atoms with Gasteiger partial charge in [-0.1, -0.05) is 28.1 Å². The summed E-state index contributed by atoms with van der Waals surface area (Å²) in [6.07, 6.45) is 0.0904. The molecule has 1 N–H and O–H groups in total. The predicted molar refractivity (Wildman–Crippen MR) is 70.2 cm³/mol. The SMILES string of the molecule is COC(=O)[C@H]1C(=O)C[C@H](c2ccc(Br)cc2)NC1=O. The van der Waals surface area contributed by atoms with Crippen LogP contribution in [0.1, 0.15) is 18.0 Å². The Balaban J connectivity index is 2.18. The highest BCUT2D eigenvalue weighted by molar-refractivity contribution is 9.10. The van der Waals surface area contributed by atoms with Crippen LogP contribution in [0.5, 0.6) is 0 Å². The smallest absolute Gasteiger partial charge is 0.325 e. The fraction of sp³-hybridized carbons (Fsp3) is 0.308. The van der Waals surface area contributed by atoms with Crippen LogP contribution in [0.4, 0.5) is 0 Å². The first kappa shape index (κ1) is 13.7. The molecule has 0 unspecified atom stereocenters. The zero-order chi connectivity index (χ0) is 14.0. The minimum atomic E-state index is -1.34. The number of rotatable bonds is 2. The van der Waals surface area contributed by atoms with E-state index in [2.05, 4.69) is 26.0 Å². The van der Waals surface area contributed by atoms with Gasteiger partial charge < -0.3 is 10.1 Å². The molecular weight excluding hydrogens is 314 g/mol. The summed E-state index contributed by atoms with van der Waals surface area (Å²) in [4.78, 5) is 35.1. The Morgan fingerprint density at radius 2 is 1.95 bits per heavy atom. The summed E-state index contributed by atoms with van der Waals surface area (Å²) in [5.74, 6) is -3.16. The van der Waals surface area contributed by atoms with Gasteiger partial charge in [-0.15, -0.1) is 0 Å². The minimum absolute atomic E-state index is 0.0904. The van der Waals surface area contributed by atoms with E-state index in [0.717, 1.165) is 17.1 Å². The van der Waals surface area contributed by atoms with Crippen LogP contribution < -0.4 is 5.32 Å². The van der Waals surface area contributed by atoms with Crippen molar-refractivity contribution in [1.29, 1.82) is 0 Å². The van der Waals surface area contributed by atoms with Gasteiger partial charge in [0.2, 0.25) is 5.91 Å². The number of ketones is 1. The van der Waals surface area contributed by atoms with Gasteiger partial charge in [0.05, 0.1) is 13.2 Å². The van der Waals surface area contributed by atoms with Crippen molar-refractivity contribution in [1.82, 2.24) is 5.32 Å². The average Bonchev–Trinajstić information content (AvgIpc) is 2.38. The molecule has 1 saturated heterocycles. The van der Waals surface area contributed by atoms with Crippen molar-refractivity contribution in [3.8, 4) is 0 Å². The fourth-order valence-corrected chi connectivity index (χ4v) is 2.29. The minimum Gasteiger partial charge on any atom is -0.468 e. The van der Waals surface area contributed by atoms with E-state index in [9.17, 15) is 14.4 Å². The highest BCUT2D eigenvalue weighted by Crippen LogP contribution is 2.25. The lowest BCUT2D eigenvalue weighted by Gasteiger charge is -2.27. The number of halogens is 1. The Morgan fingerprint density at radius 1 is 1.32 bits per heavy atom. The van der Waals surface area contributed by atoms with Crippen LogP contribution in [0.2, 0.25) is 0 Å². The van der Waals surface area contributed by atoms with E-state index in [0.29, 0.717) is 0 Å². The van der Waals surface area contributed by atoms with Crippen molar-refractivity contribution < 1.29 is 19.1 Å². The van der Waals surface area contributed by atoms with Gasteiger partial charge in [0.15, 0.2) is 11.7 Å². The quantitative estimate of drug-likeness (QED) is 0.658. The summed E-state index contributed by atoms with van der Waals surface area (Å²) in [6, 6.07) is 6.91. The number of Topliss-reactive ketones (excluding diaryl/α,β-unsaturated/α-hetero) is 1. The fourth-order valence-electron chi connectivity index (χ4n) is 2.02. The lowest BCUT2D eigenvalue weighted by atomic mass is 9.89. The molecule has 100 valence electrons. The van der Waals surface area contributed by atoms with E-state index >= 15 is 0 Å². The van der Waals surface area contributed by atoms with E-state index in [1.807, 2.05) is 24.3 Å². The molecule has 2 rings (SSSR count). The standard InChI is InChI=1S/C13H12BrNO4/c1-19-13(18)11-10(16)6-9(15-12(11)17)7-2-4-8(14)5-3-7/h2-5,9,11H,6H2,1H3,(H,15,17)/t9-,11+/m1/s1. The predicted octanol–water partition coefficient (Wildman–Crippen LogP) is 1.37. The summed E-state index contributed by atoms with van der Waals surface area (Å²) in [6.45, 7) is 0. The number of carbonyl (C=O) groups is 3. The second-order valence-corrected chi connectivity index (χ2v) is 5.16. The molecule has 19 heavy (non-hydrogen) atoms. The molecule has 1 aliphatic heterocycles. The maximum atomic E-state index is 11.9. The zero-order valence-corrected chi connectivity index (χ0v) is 11.8. The molecule has 2 atom stereocenters. The van der Waals surface area contributed by atoms with Gasteiger partial charge in [-0.05, 0) is 17.7 Å². The third-order valence-corrected chi connectivity index (χ3v) is 3.54. The number of hydrogen-bond donors (Lipinski definition) is 1. The number of carbonyl (C=O) groups excluding carboxylic acids is 3. The molecule has 0 aliphatic carbocycles. The van der Waals surface area contributed by atoms with Gasteiger partial charge in [-0.25, -0.2) is 0 Å². The number of nitrogens with one attached hydrogen (secondary N) is 1. The maximum Gasteiger partial charge on any atom is 0.325 e. The van der Waals surface area contributed by atoms with Crippen LogP contribution in [-0.4, -0.2) is 24.8 Å². The van der Waals surface area contributed by atoms with E-state index < -0.39 is 29.6 Å². The molecule has 0 bridgehead atoms. The van der Waals surface area contributed by atoms with Crippen molar-refractivity contribution in [2.45, 2.75) is 12.5 Å². The second kappa shape index (κ2) is 5.52. The van der Waals surface area contributed by atoms with Crippen molar-refractivity contribution in [3.05, 3.63) is 34.3 Å². The van der Waals surface area contributed by atoms with Gasteiger partial charge in [-0.3, -0.25) is 14.4 Å². The lowest BCUT2D eigenvalue weighted by Crippen LogP contribution is -2.48. The molecule has 1 heterocycles. The number of hydrogen-bond acceptors (Lipinski definition) is 4. The molecule has 1 aliphatic rings. The van der Waals surface area contributed by atoms with E-state index in [1.54, 1.807) is 0 Å². The monoisotopic (exact) mass is 325 g/mol. The molecule has 6 heteroatoms. The molecule has 1 amide bonds. The number of methoxy groups -OCH3 is 1. The normalized spacial score (nSPS) is 22.8. The Labute approximate surface area is 118 Å². The number of benzene rings is 1. The molecule has 1 aromatic carbocycles. The molecule has 1 fully saturated rings. The summed E-state index contributed by atoms with van der Waals surface area (Å²) in [5.41, 5.74) is 0.827. The van der Waals surface area contributed by atoms with Gasteiger partial charge in [0, 0.05) is 10.9 Å². The zero-order valence-electron chi connectivity index (χ0n) is 10.2. The summed E-state index contributed by atoms with van der Waals surface area (Å²) < 4.78 is 5.37. The number of ether oxygens (including phenoxy) is 1. The van der Waals surface area contributed by atoms with Crippen LogP contribution in [0.25, 0.3) is 0 Å². The number of esters is 1. The molecule has 0 spiro atoms. The van der Waals surface area contributed by atoms with Crippen LogP contribution in [0.3, 0.4) is 0 Å². The van der Waals surface area contributed by atoms with Crippen LogP contribution in [0.15, 0.2) is 28.7 Å². The van der Waals surface area contributed by atoms with E-state index in [-0.39, 0.29) is 6.42 Å². The first-order valence-corrected chi connectivity index (χ1v) is 6.48. The largest absolute Gasteiger partial charge is 0.468 e. The van der Waals surface area contributed by atoms with Crippen molar-refractivity contribution in [3.63, 3.8) is 0 Å². The Morgan fingerprint density at radius 3 is 2.47 bits per heavy atom. The molecular formula is C13H12BrNO4. The van der Waals surface area contributed by atoms with Crippen molar-refractivity contribution in [2.75, 3.05) is 7.11 Å². The van der Waals surface area contributed by atoms with Crippen molar-refractivity contribution >= 4 is 33.6 Å². The van der Waals surface area contributed by atoms with Crippen LogP contribution in [0, 0.1) is 5.92 Å². The summed E-state index contributed by atoms with van der Waals surface area (Å²) in [7, 11) is 1.16. The van der Waals surface area contributed by atoms with Gasteiger partial charge in [0.1, 0.15) is 0 Å². The summed E-state index contributed by atoms with van der Waals surface area (Å²) in [5, 5.41) is 2.67. The highest BCUT2D eigenvalue weighted by Gasteiger charge is 2.41. The Kier molecular flexibility index (Phi) is 3.99. The van der Waals surface area contributed by atoms with E-state index in [1.165, 1.54) is 0 Å². The first-order valence-electron chi connectivity index (χ1n) is 5.69. The third kappa shape index (κ3) is 2.84. The van der Waals surface area contributed by atoms with E-state index in [4.69, 9.17) is 0 Å². The molecule has 0 aromatic heterocycles. The average molecular weight is 326 g/mol. The maximum absolute atomic E-state index is 11.9. The van der Waals surface area contributed by atoms with Gasteiger partial charge in [-0.2, -0.15) is 0 Å². The summed E-state index contributed by atoms with van der Waals surface area (Å²) >= 11 is 3.32. The highest BCUT2D eigenvalue weighted by atomic mass is 79.9. The number of amides is 1. The van der Waals surface area contributed by atoms with Crippen LogP contribution in [-0.2, 0) is 19.1 Å². The van der Waals surface area contributed by atoms with Crippen molar-refractivity contribution in [2.24, 2.45) is 5.92 Å². The topological polar surface area (TPSA) is 72.5 Å². The Hall–Kier alpha value is -1.69. The van der Waals surface area contributed by atoms with Crippen LogP contribution >= 0.6 is 15.9 Å². The molecule has 5 nitrogen and oxygen atoms in total. The lowest BCUT2D eigenvalue weighted by molar-refractivity contribution is -0.155.